The summed E-state index contributed by atoms with van der Waals surface area (Å²) in [6.45, 7) is 1.86. The maximum Gasteiger partial charge on any atom is 0.227 e. The zero-order valence-corrected chi connectivity index (χ0v) is 16.6. The molecule has 0 aliphatic rings. The van der Waals surface area contributed by atoms with Crippen LogP contribution in [-0.2, 0) is 4.79 Å². The van der Waals surface area contributed by atoms with Gasteiger partial charge in [0, 0.05) is 20.1 Å². The summed E-state index contributed by atoms with van der Waals surface area (Å²) in [4.78, 5) is 14.4. The maximum atomic E-state index is 12.9. The van der Waals surface area contributed by atoms with Gasteiger partial charge in [0.25, 0.3) is 0 Å². The van der Waals surface area contributed by atoms with Crippen molar-refractivity contribution in [1.82, 2.24) is 0 Å². The van der Waals surface area contributed by atoms with Crippen molar-refractivity contribution in [2.75, 3.05) is 25.7 Å². The number of ether oxygens (including phenoxy) is 1. The summed E-state index contributed by atoms with van der Waals surface area (Å²) in [6.07, 6.45) is 0.707. The molecule has 0 bridgehead atoms. The van der Waals surface area contributed by atoms with Crippen LogP contribution in [0, 0.1) is 6.92 Å². The van der Waals surface area contributed by atoms with Crippen LogP contribution >= 0.6 is 23.2 Å². The van der Waals surface area contributed by atoms with Crippen LogP contribution in [0.25, 0.3) is 0 Å². The average Bonchev–Trinajstić information content (AvgIpc) is 2.65. The first-order valence-corrected chi connectivity index (χ1v) is 9.11. The zero-order chi connectivity index (χ0) is 19.3. The number of aliphatic hydroxyl groups is 1. The number of halogens is 2. The van der Waals surface area contributed by atoms with Gasteiger partial charge in [-0.05, 0) is 48.6 Å². The predicted octanol–water partition coefficient (Wildman–Crippen LogP) is 4.83. The van der Waals surface area contributed by atoms with E-state index < -0.39 is 0 Å². The van der Waals surface area contributed by atoms with E-state index in [-0.39, 0.29) is 24.9 Å². The van der Waals surface area contributed by atoms with Crippen LogP contribution < -0.4 is 9.64 Å². The molecule has 0 saturated heterocycles. The Morgan fingerprint density at radius 3 is 2.58 bits per heavy atom. The van der Waals surface area contributed by atoms with E-state index in [1.165, 1.54) is 0 Å². The number of methoxy groups -OCH3 is 1. The maximum absolute atomic E-state index is 12.9. The van der Waals surface area contributed by atoms with E-state index in [0.29, 0.717) is 27.9 Å². The Balaban J connectivity index is 2.27. The second-order valence-corrected chi connectivity index (χ2v) is 6.90. The van der Waals surface area contributed by atoms with Gasteiger partial charge in [-0.1, -0.05) is 41.4 Å². The van der Waals surface area contributed by atoms with Crippen LogP contribution in [-0.4, -0.2) is 31.8 Å². The lowest BCUT2D eigenvalue weighted by Crippen LogP contribution is -2.28. The molecule has 1 unspecified atom stereocenters. The number of carbonyl (C=O) groups is 1. The number of hydrogen-bond acceptors (Lipinski definition) is 3. The highest BCUT2D eigenvalue weighted by Gasteiger charge is 2.23. The summed E-state index contributed by atoms with van der Waals surface area (Å²) < 4.78 is 5.34. The fourth-order valence-electron chi connectivity index (χ4n) is 3.02. The number of carbonyl (C=O) groups excluding carboxylic acids is 1. The Hall–Kier alpha value is -1.75. The molecule has 0 aromatic heterocycles. The first-order chi connectivity index (χ1) is 12.4. The molecule has 0 heterocycles. The van der Waals surface area contributed by atoms with E-state index in [4.69, 9.17) is 27.9 Å². The quantitative estimate of drug-likeness (QED) is 0.730. The molecular formula is C20H23Cl2NO3. The van der Waals surface area contributed by atoms with Crippen molar-refractivity contribution in [2.45, 2.75) is 25.7 Å². The van der Waals surface area contributed by atoms with Gasteiger partial charge in [-0.25, -0.2) is 0 Å². The first kappa shape index (κ1) is 20.6. The van der Waals surface area contributed by atoms with Gasteiger partial charge in [0.1, 0.15) is 5.75 Å². The minimum absolute atomic E-state index is 0.0179. The van der Waals surface area contributed by atoms with Crippen LogP contribution in [0.4, 0.5) is 5.69 Å². The first-order valence-electron chi connectivity index (χ1n) is 8.35. The number of rotatable bonds is 7. The standard InChI is InChI=1S/C20H23Cl2NO3/c1-13-15(8-9-16(21)20(13)22)14(10-11-24)12-19(25)23(2)17-6-4-5-7-18(17)26-3/h4-9,14,24H,10-12H2,1-3H3. The smallest absolute Gasteiger partial charge is 0.227 e. The normalized spacial score (nSPS) is 11.9. The van der Waals surface area contributed by atoms with E-state index in [1.54, 1.807) is 25.1 Å². The number of hydrogen-bond donors (Lipinski definition) is 1. The number of para-hydroxylation sites is 2. The van der Waals surface area contributed by atoms with Gasteiger partial charge < -0.3 is 14.7 Å². The van der Waals surface area contributed by atoms with Crippen LogP contribution in [0.15, 0.2) is 36.4 Å². The summed E-state index contributed by atoms with van der Waals surface area (Å²) in [6, 6.07) is 11.0. The topological polar surface area (TPSA) is 49.8 Å². The van der Waals surface area contributed by atoms with Crippen molar-refractivity contribution in [3.05, 3.63) is 57.6 Å². The molecule has 0 saturated carbocycles. The minimum atomic E-state index is -0.153. The van der Waals surface area contributed by atoms with E-state index in [0.717, 1.165) is 11.1 Å². The van der Waals surface area contributed by atoms with Gasteiger partial charge in [-0.3, -0.25) is 4.79 Å². The van der Waals surface area contributed by atoms with Crippen LogP contribution in [0.1, 0.15) is 29.9 Å². The van der Waals surface area contributed by atoms with Gasteiger partial charge in [-0.2, -0.15) is 0 Å². The zero-order valence-electron chi connectivity index (χ0n) is 15.1. The summed E-state index contributed by atoms with van der Waals surface area (Å²) >= 11 is 12.3. The Labute approximate surface area is 164 Å². The van der Waals surface area contributed by atoms with Crippen molar-refractivity contribution >= 4 is 34.8 Å². The number of nitrogens with zero attached hydrogens (tertiary/aromatic N) is 1. The molecule has 6 heteroatoms. The van der Waals surface area contributed by atoms with E-state index in [9.17, 15) is 9.90 Å². The van der Waals surface area contributed by atoms with Crippen molar-refractivity contribution < 1.29 is 14.6 Å². The van der Waals surface area contributed by atoms with Crippen molar-refractivity contribution in [1.29, 1.82) is 0 Å². The highest BCUT2D eigenvalue weighted by Crippen LogP contribution is 2.35. The SMILES string of the molecule is COc1ccccc1N(C)C(=O)CC(CCO)c1ccc(Cl)c(Cl)c1C. The summed E-state index contributed by atoms with van der Waals surface area (Å²) in [5.41, 5.74) is 2.47. The predicted molar refractivity (Wildman–Crippen MR) is 107 cm³/mol. The van der Waals surface area contributed by atoms with E-state index in [1.807, 2.05) is 37.3 Å². The van der Waals surface area contributed by atoms with Gasteiger partial charge in [0.15, 0.2) is 0 Å². The van der Waals surface area contributed by atoms with Crippen molar-refractivity contribution in [2.24, 2.45) is 0 Å². The molecule has 2 aromatic carbocycles. The molecular weight excluding hydrogens is 373 g/mol. The molecule has 2 rings (SSSR count). The fraction of sp³-hybridized carbons (Fsp3) is 0.350. The Morgan fingerprint density at radius 2 is 1.92 bits per heavy atom. The van der Waals surface area contributed by atoms with Crippen LogP contribution in [0.2, 0.25) is 10.0 Å². The molecule has 0 fully saturated rings. The molecule has 0 aliphatic carbocycles. The number of aliphatic hydroxyl groups excluding tert-OH is 1. The third kappa shape index (κ3) is 4.50. The second-order valence-electron chi connectivity index (χ2n) is 6.11. The second kappa shape index (κ2) is 9.26. The number of anilines is 1. The molecule has 1 atom stereocenters. The number of amides is 1. The third-order valence-corrected chi connectivity index (χ3v) is 5.44. The summed E-state index contributed by atoms with van der Waals surface area (Å²) in [5, 5.41) is 10.4. The molecule has 0 aliphatic heterocycles. The number of benzene rings is 2. The largest absolute Gasteiger partial charge is 0.495 e. The Kier molecular flexibility index (Phi) is 7.33. The molecule has 4 nitrogen and oxygen atoms in total. The lowest BCUT2D eigenvalue weighted by atomic mass is 9.89. The highest BCUT2D eigenvalue weighted by molar-refractivity contribution is 6.42. The Morgan fingerprint density at radius 1 is 1.23 bits per heavy atom. The van der Waals surface area contributed by atoms with E-state index in [2.05, 4.69) is 0 Å². The van der Waals surface area contributed by atoms with Gasteiger partial charge >= 0.3 is 0 Å². The molecule has 26 heavy (non-hydrogen) atoms. The molecule has 2 aromatic rings. The van der Waals surface area contributed by atoms with Crippen molar-refractivity contribution in [3.8, 4) is 5.75 Å². The molecule has 1 N–H and O–H groups in total. The van der Waals surface area contributed by atoms with Crippen LogP contribution in [0.5, 0.6) is 5.75 Å². The molecule has 1 amide bonds. The van der Waals surface area contributed by atoms with Crippen LogP contribution in [0.3, 0.4) is 0 Å². The molecule has 0 radical (unpaired) electrons. The minimum Gasteiger partial charge on any atom is -0.495 e. The fourth-order valence-corrected chi connectivity index (χ4v) is 3.40. The van der Waals surface area contributed by atoms with Gasteiger partial charge in [0.2, 0.25) is 5.91 Å². The van der Waals surface area contributed by atoms with Gasteiger partial charge in [-0.15, -0.1) is 0 Å². The lowest BCUT2D eigenvalue weighted by Gasteiger charge is -2.24. The molecule has 0 spiro atoms. The third-order valence-electron chi connectivity index (χ3n) is 4.54. The van der Waals surface area contributed by atoms with E-state index >= 15 is 0 Å². The monoisotopic (exact) mass is 395 g/mol. The lowest BCUT2D eigenvalue weighted by molar-refractivity contribution is -0.118. The molecule has 140 valence electrons. The Bertz CT molecular complexity index is 780. The van der Waals surface area contributed by atoms with Crippen molar-refractivity contribution in [3.63, 3.8) is 0 Å². The average molecular weight is 396 g/mol. The highest BCUT2D eigenvalue weighted by atomic mass is 35.5. The summed E-state index contributed by atoms with van der Waals surface area (Å²) in [7, 11) is 3.29. The summed E-state index contributed by atoms with van der Waals surface area (Å²) in [5.74, 6) is 0.408. The van der Waals surface area contributed by atoms with Gasteiger partial charge in [0.05, 0.1) is 22.8 Å².